The van der Waals surface area contributed by atoms with Crippen molar-refractivity contribution in [3.8, 4) is 11.3 Å². The van der Waals surface area contributed by atoms with Crippen molar-refractivity contribution in [2.24, 2.45) is 7.05 Å². The summed E-state index contributed by atoms with van der Waals surface area (Å²) in [7, 11) is 1.87. The number of benzene rings is 2. The van der Waals surface area contributed by atoms with Crippen molar-refractivity contribution >= 4 is 5.91 Å². The van der Waals surface area contributed by atoms with Crippen LogP contribution in [0.4, 0.5) is 0 Å². The number of nitrogens with one attached hydrogen (secondary N) is 1. The van der Waals surface area contributed by atoms with Gasteiger partial charge in [0.2, 0.25) is 5.91 Å². The zero-order valence-corrected chi connectivity index (χ0v) is 17.4. The summed E-state index contributed by atoms with van der Waals surface area (Å²) in [6.07, 6.45) is 6.58. The quantitative estimate of drug-likeness (QED) is 0.646. The van der Waals surface area contributed by atoms with Crippen LogP contribution in [0.5, 0.6) is 0 Å². The number of amides is 1. The number of hydrogen-bond donors (Lipinski definition) is 1. The van der Waals surface area contributed by atoms with E-state index in [0.717, 1.165) is 35.2 Å². The number of carbonyl (C=O) groups excluding carboxylic acids is 1. The second kappa shape index (κ2) is 8.19. The van der Waals surface area contributed by atoms with Gasteiger partial charge in [0, 0.05) is 19.5 Å². The fourth-order valence-corrected chi connectivity index (χ4v) is 3.91. The highest BCUT2D eigenvalue weighted by Gasteiger charge is 2.25. The molecule has 1 aliphatic rings. The van der Waals surface area contributed by atoms with E-state index in [1.54, 1.807) is 11.6 Å². The van der Waals surface area contributed by atoms with Crippen LogP contribution >= 0.6 is 0 Å². The van der Waals surface area contributed by atoms with E-state index in [9.17, 15) is 4.79 Å². The lowest BCUT2D eigenvalue weighted by molar-refractivity contribution is -0.119. The lowest BCUT2D eigenvalue weighted by Crippen LogP contribution is -2.27. The second-order valence-electron chi connectivity index (χ2n) is 8.02. The summed E-state index contributed by atoms with van der Waals surface area (Å²) < 4.78 is 1.71. The molecule has 1 saturated carbocycles. The van der Waals surface area contributed by atoms with E-state index in [0.29, 0.717) is 5.92 Å². The summed E-state index contributed by atoms with van der Waals surface area (Å²) >= 11 is 0. The van der Waals surface area contributed by atoms with Crippen LogP contribution < -0.4 is 5.32 Å². The molecule has 2 aromatic carbocycles. The average molecular weight is 389 g/mol. The van der Waals surface area contributed by atoms with Crippen molar-refractivity contribution in [2.75, 3.05) is 0 Å². The Labute approximate surface area is 172 Å². The number of carbonyl (C=O) groups is 1. The van der Waals surface area contributed by atoms with E-state index in [4.69, 9.17) is 0 Å². The molecule has 4 rings (SSSR count). The van der Waals surface area contributed by atoms with Crippen molar-refractivity contribution in [3.63, 3.8) is 0 Å². The normalized spacial score (nSPS) is 14.6. The molecule has 3 aromatic rings. The highest BCUT2D eigenvalue weighted by Crippen LogP contribution is 2.40. The van der Waals surface area contributed by atoms with E-state index in [1.165, 1.54) is 24.0 Å². The van der Waals surface area contributed by atoms with Crippen LogP contribution in [-0.2, 0) is 18.3 Å². The Morgan fingerprint density at radius 1 is 1.21 bits per heavy atom. The molecule has 5 heteroatoms. The van der Waals surface area contributed by atoms with Gasteiger partial charge in [-0.05, 0) is 53.5 Å². The molecule has 0 bridgehead atoms. The largest absolute Gasteiger partial charge is 0.345 e. The third kappa shape index (κ3) is 4.39. The third-order valence-corrected chi connectivity index (χ3v) is 5.51. The van der Waals surface area contributed by atoms with Crippen molar-refractivity contribution in [1.82, 2.24) is 20.3 Å². The van der Waals surface area contributed by atoms with Crippen molar-refractivity contribution in [3.05, 3.63) is 70.9 Å². The van der Waals surface area contributed by atoms with Gasteiger partial charge in [-0.25, -0.2) is 0 Å². The molecular formula is C24H28N4O. The van der Waals surface area contributed by atoms with Gasteiger partial charge >= 0.3 is 0 Å². The number of rotatable bonds is 7. The summed E-state index contributed by atoms with van der Waals surface area (Å²) in [6, 6.07) is 15.0. The van der Waals surface area contributed by atoms with Crippen LogP contribution in [-0.4, -0.2) is 20.9 Å². The topological polar surface area (TPSA) is 59.8 Å². The second-order valence-corrected chi connectivity index (χ2v) is 8.02. The first-order valence-corrected chi connectivity index (χ1v) is 10.4. The van der Waals surface area contributed by atoms with Crippen LogP contribution in [0, 0.1) is 0 Å². The molecule has 0 aliphatic heterocycles. The summed E-state index contributed by atoms with van der Waals surface area (Å²) in [5, 5.41) is 11.6. The number of aromatic nitrogens is 3. The minimum absolute atomic E-state index is 0.0519. The van der Waals surface area contributed by atoms with Crippen LogP contribution in [0.1, 0.15) is 67.3 Å². The van der Waals surface area contributed by atoms with Crippen LogP contribution in [0.3, 0.4) is 0 Å². The standard InChI is InChI=1S/C24H28N4O/c1-4-5-17-6-13-21(22(14-17)23-15-28(3)27-26-23)24(25-16(2)29)20-11-9-19(10-12-20)18-7-8-18/h6,9-15,18,24H,4-5,7-8H2,1-3H3,(H,25,29)/t24-/m0/s1. The van der Waals surface area contributed by atoms with E-state index in [-0.39, 0.29) is 11.9 Å². The SMILES string of the molecule is CCCc1ccc([C@@H](NC(C)=O)c2ccc(C3CC3)cc2)c(-c2cn(C)nn2)c1. The minimum atomic E-state index is -0.228. The summed E-state index contributed by atoms with van der Waals surface area (Å²) in [4.78, 5) is 12.1. The maximum atomic E-state index is 12.1. The minimum Gasteiger partial charge on any atom is -0.345 e. The van der Waals surface area contributed by atoms with Gasteiger partial charge in [-0.1, -0.05) is 55.0 Å². The first-order valence-electron chi connectivity index (χ1n) is 10.4. The molecule has 1 heterocycles. The molecule has 0 radical (unpaired) electrons. The zero-order chi connectivity index (χ0) is 20.4. The fourth-order valence-electron chi connectivity index (χ4n) is 3.91. The first-order chi connectivity index (χ1) is 14.0. The Morgan fingerprint density at radius 2 is 1.97 bits per heavy atom. The van der Waals surface area contributed by atoms with Gasteiger partial charge in [0.25, 0.3) is 0 Å². The van der Waals surface area contributed by atoms with E-state index in [1.807, 2.05) is 13.2 Å². The van der Waals surface area contributed by atoms with Crippen molar-refractivity contribution in [1.29, 1.82) is 0 Å². The van der Waals surface area contributed by atoms with E-state index < -0.39 is 0 Å². The molecule has 1 fully saturated rings. The van der Waals surface area contributed by atoms with Gasteiger partial charge in [-0.2, -0.15) is 0 Å². The van der Waals surface area contributed by atoms with Gasteiger partial charge < -0.3 is 5.32 Å². The van der Waals surface area contributed by atoms with Gasteiger partial charge in [-0.15, -0.1) is 5.10 Å². The summed E-state index contributed by atoms with van der Waals surface area (Å²) in [6.45, 7) is 3.75. The molecule has 150 valence electrons. The zero-order valence-electron chi connectivity index (χ0n) is 17.4. The first kappa shape index (κ1) is 19.4. The Morgan fingerprint density at radius 3 is 2.55 bits per heavy atom. The van der Waals surface area contributed by atoms with Gasteiger partial charge in [0.15, 0.2) is 0 Å². The van der Waals surface area contributed by atoms with Gasteiger partial charge in [0.1, 0.15) is 5.69 Å². The number of hydrogen-bond acceptors (Lipinski definition) is 3. The van der Waals surface area contributed by atoms with Crippen molar-refractivity contribution < 1.29 is 4.79 Å². The molecule has 1 N–H and O–H groups in total. The average Bonchev–Trinajstić information content (AvgIpc) is 3.47. The van der Waals surface area contributed by atoms with Crippen LogP contribution in [0.2, 0.25) is 0 Å². The molecule has 1 aliphatic carbocycles. The Bertz CT molecular complexity index is 1000. The monoisotopic (exact) mass is 388 g/mol. The Balaban J connectivity index is 1.79. The van der Waals surface area contributed by atoms with Crippen LogP contribution in [0.15, 0.2) is 48.7 Å². The molecule has 0 spiro atoms. The Hall–Kier alpha value is -2.95. The summed E-state index contributed by atoms with van der Waals surface area (Å²) in [5.74, 6) is 0.663. The van der Waals surface area contributed by atoms with Gasteiger partial charge in [0.05, 0.1) is 12.2 Å². The molecule has 0 saturated heterocycles. The molecule has 1 atom stereocenters. The Kier molecular flexibility index (Phi) is 5.47. The number of nitrogens with zero attached hydrogens (tertiary/aromatic N) is 3. The van der Waals surface area contributed by atoms with Gasteiger partial charge in [-0.3, -0.25) is 9.48 Å². The smallest absolute Gasteiger partial charge is 0.217 e. The lowest BCUT2D eigenvalue weighted by atomic mass is 9.90. The third-order valence-electron chi connectivity index (χ3n) is 5.51. The highest BCUT2D eigenvalue weighted by molar-refractivity contribution is 5.75. The summed E-state index contributed by atoms with van der Waals surface area (Å²) in [5.41, 5.74) is 6.63. The predicted molar refractivity (Wildman–Crippen MR) is 115 cm³/mol. The molecule has 5 nitrogen and oxygen atoms in total. The molecule has 29 heavy (non-hydrogen) atoms. The predicted octanol–water partition coefficient (Wildman–Crippen LogP) is 4.54. The number of aryl methyl sites for hydroxylation is 2. The highest BCUT2D eigenvalue weighted by atomic mass is 16.1. The van der Waals surface area contributed by atoms with Crippen molar-refractivity contribution in [2.45, 2.75) is 51.5 Å². The lowest BCUT2D eigenvalue weighted by Gasteiger charge is -2.22. The molecule has 1 aromatic heterocycles. The van der Waals surface area contributed by atoms with E-state index in [2.05, 4.69) is 65.0 Å². The molecule has 0 unspecified atom stereocenters. The molecular weight excluding hydrogens is 360 g/mol. The van der Waals surface area contributed by atoms with Crippen LogP contribution in [0.25, 0.3) is 11.3 Å². The molecule has 1 amide bonds. The van der Waals surface area contributed by atoms with E-state index >= 15 is 0 Å². The fraction of sp³-hybridized carbons (Fsp3) is 0.375. The maximum Gasteiger partial charge on any atom is 0.217 e. The maximum absolute atomic E-state index is 12.1.